The first-order chi connectivity index (χ1) is 8.28. The first-order valence-electron chi connectivity index (χ1n) is 6.52. The zero-order valence-electron chi connectivity index (χ0n) is 10.5. The van der Waals surface area contributed by atoms with Crippen LogP contribution in [0.1, 0.15) is 13.3 Å². The van der Waals surface area contributed by atoms with E-state index in [9.17, 15) is 4.79 Å². The lowest BCUT2D eigenvalue weighted by molar-refractivity contribution is -0.118. The molecule has 17 heavy (non-hydrogen) atoms. The molecule has 98 valence electrons. The van der Waals surface area contributed by atoms with Crippen molar-refractivity contribution in [3.05, 3.63) is 0 Å². The van der Waals surface area contributed by atoms with E-state index in [1.54, 1.807) is 0 Å². The van der Waals surface area contributed by atoms with Gasteiger partial charge in [-0.1, -0.05) is 6.92 Å². The minimum atomic E-state index is 0.239. The van der Waals surface area contributed by atoms with Gasteiger partial charge < -0.3 is 9.80 Å². The number of alkyl halides is 1. The van der Waals surface area contributed by atoms with Crippen molar-refractivity contribution >= 4 is 18.0 Å². The number of piperazine rings is 1. The highest BCUT2D eigenvalue weighted by Gasteiger charge is 2.34. The zero-order chi connectivity index (χ0) is 12.3. The monoisotopic (exact) mass is 259 g/mol. The van der Waals surface area contributed by atoms with Crippen LogP contribution in [0.25, 0.3) is 0 Å². The van der Waals surface area contributed by atoms with Gasteiger partial charge in [-0.05, 0) is 13.0 Å². The van der Waals surface area contributed by atoms with Gasteiger partial charge in [-0.15, -0.1) is 11.6 Å². The van der Waals surface area contributed by atoms with Crippen molar-refractivity contribution in [3.63, 3.8) is 0 Å². The molecule has 0 aromatic carbocycles. The molecule has 0 saturated carbocycles. The number of rotatable bonds is 4. The molecule has 0 aliphatic carbocycles. The van der Waals surface area contributed by atoms with Crippen LogP contribution in [0.5, 0.6) is 0 Å². The van der Waals surface area contributed by atoms with Gasteiger partial charge in [-0.25, -0.2) is 0 Å². The Kier molecular flexibility index (Phi) is 4.65. The van der Waals surface area contributed by atoms with Gasteiger partial charge in [-0.3, -0.25) is 9.69 Å². The number of halogens is 1. The van der Waals surface area contributed by atoms with E-state index in [1.165, 1.54) is 0 Å². The predicted molar refractivity (Wildman–Crippen MR) is 69.4 cm³/mol. The fraction of sp³-hybridized carbons (Fsp3) is 0.917. The predicted octanol–water partition coefficient (Wildman–Crippen LogP) is 0.462. The fourth-order valence-corrected chi connectivity index (χ4v) is 3.21. The minimum absolute atomic E-state index is 0.239. The minimum Gasteiger partial charge on any atom is -0.339 e. The van der Waals surface area contributed by atoms with E-state index >= 15 is 0 Å². The number of amides is 1. The third-order valence-electron chi connectivity index (χ3n) is 4.12. The summed E-state index contributed by atoms with van der Waals surface area (Å²) in [6.45, 7) is 8.76. The number of carbonyl (C=O) groups is 1. The Morgan fingerprint density at radius 2 is 2.00 bits per heavy atom. The second-order valence-corrected chi connectivity index (χ2v) is 5.28. The topological polar surface area (TPSA) is 26.8 Å². The van der Waals surface area contributed by atoms with Crippen molar-refractivity contribution in [1.82, 2.24) is 14.7 Å². The van der Waals surface area contributed by atoms with Gasteiger partial charge in [0.15, 0.2) is 0 Å². The molecule has 2 atom stereocenters. The second-order valence-electron chi connectivity index (χ2n) is 4.97. The summed E-state index contributed by atoms with van der Waals surface area (Å²) in [7, 11) is 0. The van der Waals surface area contributed by atoms with Crippen molar-refractivity contribution in [2.45, 2.75) is 25.4 Å². The summed E-state index contributed by atoms with van der Waals surface area (Å²) in [5.74, 6) is 0.560. The third-order valence-corrected chi connectivity index (χ3v) is 4.47. The van der Waals surface area contributed by atoms with Crippen molar-refractivity contribution in [2.24, 2.45) is 0 Å². The summed E-state index contributed by atoms with van der Waals surface area (Å²) in [5, 5.41) is 0. The van der Waals surface area contributed by atoms with Crippen LogP contribution in [0.3, 0.4) is 0 Å². The van der Waals surface area contributed by atoms with Crippen LogP contribution in [0.2, 0.25) is 0 Å². The molecule has 2 aliphatic rings. The van der Waals surface area contributed by atoms with E-state index in [-0.39, 0.29) is 6.04 Å². The van der Waals surface area contributed by atoms with Gasteiger partial charge in [0.2, 0.25) is 6.41 Å². The van der Waals surface area contributed by atoms with E-state index < -0.39 is 0 Å². The average Bonchev–Trinajstić information content (AvgIpc) is 2.82. The fourth-order valence-electron chi connectivity index (χ4n) is 2.91. The summed E-state index contributed by atoms with van der Waals surface area (Å²) in [5.41, 5.74) is 0. The maximum atomic E-state index is 10.9. The van der Waals surface area contributed by atoms with Gasteiger partial charge in [-0.2, -0.15) is 0 Å². The van der Waals surface area contributed by atoms with Crippen LogP contribution in [0.4, 0.5) is 0 Å². The molecular formula is C12H22ClN3O. The summed E-state index contributed by atoms with van der Waals surface area (Å²) >= 11 is 5.90. The first-order valence-corrected chi connectivity index (χ1v) is 7.05. The molecule has 0 aromatic rings. The third kappa shape index (κ3) is 2.92. The van der Waals surface area contributed by atoms with E-state index in [0.29, 0.717) is 11.9 Å². The first kappa shape index (κ1) is 13.1. The summed E-state index contributed by atoms with van der Waals surface area (Å²) < 4.78 is 0. The molecule has 0 spiro atoms. The number of carbonyl (C=O) groups excluding carboxylic acids is 1. The number of hydrogen-bond acceptors (Lipinski definition) is 3. The number of likely N-dealkylation sites (N-methyl/N-ethyl adjacent to an activating group) is 1. The maximum Gasteiger partial charge on any atom is 0.210 e. The average molecular weight is 260 g/mol. The van der Waals surface area contributed by atoms with Crippen LogP contribution in [-0.4, -0.2) is 78.3 Å². The van der Waals surface area contributed by atoms with Crippen molar-refractivity contribution < 1.29 is 4.79 Å². The SMILES string of the molecule is CCN1CCN(C2CC(CCl)N(C=O)C2)CC1. The largest absolute Gasteiger partial charge is 0.339 e. The smallest absolute Gasteiger partial charge is 0.210 e. The Labute approximate surface area is 108 Å². The molecular weight excluding hydrogens is 238 g/mol. The highest BCUT2D eigenvalue weighted by atomic mass is 35.5. The summed E-state index contributed by atoms with van der Waals surface area (Å²) in [4.78, 5) is 17.8. The lowest BCUT2D eigenvalue weighted by atomic mass is 10.1. The molecule has 5 heteroatoms. The zero-order valence-corrected chi connectivity index (χ0v) is 11.3. The van der Waals surface area contributed by atoms with Crippen LogP contribution in [0.15, 0.2) is 0 Å². The Morgan fingerprint density at radius 1 is 1.29 bits per heavy atom. The van der Waals surface area contributed by atoms with Crippen LogP contribution >= 0.6 is 11.6 Å². The van der Waals surface area contributed by atoms with E-state index in [2.05, 4.69) is 16.7 Å². The molecule has 0 aromatic heterocycles. The van der Waals surface area contributed by atoms with Crippen LogP contribution < -0.4 is 0 Å². The van der Waals surface area contributed by atoms with E-state index in [0.717, 1.165) is 52.1 Å². The van der Waals surface area contributed by atoms with E-state index in [1.807, 2.05) is 4.90 Å². The molecule has 4 nitrogen and oxygen atoms in total. The maximum absolute atomic E-state index is 10.9. The summed E-state index contributed by atoms with van der Waals surface area (Å²) in [6.07, 6.45) is 1.99. The molecule has 2 rings (SSSR count). The van der Waals surface area contributed by atoms with Crippen LogP contribution in [-0.2, 0) is 4.79 Å². The van der Waals surface area contributed by atoms with E-state index in [4.69, 9.17) is 11.6 Å². The molecule has 2 heterocycles. The molecule has 0 bridgehead atoms. The summed E-state index contributed by atoms with van der Waals surface area (Å²) in [6, 6.07) is 0.756. The Bertz CT molecular complexity index is 256. The Morgan fingerprint density at radius 3 is 2.47 bits per heavy atom. The molecule has 2 unspecified atom stereocenters. The lowest BCUT2D eigenvalue weighted by Crippen LogP contribution is -2.50. The highest BCUT2D eigenvalue weighted by molar-refractivity contribution is 6.18. The quantitative estimate of drug-likeness (QED) is 0.542. The molecule has 0 N–H and O–H groups in total. The molecule has 1 amide bonds. The van der Waals surface area contributed by atoms with Crippen molar-refractivity contribution in [1.29, 1.82) is 0 Å². The highest BCUT2D eigenvalue weighted by Crippen LogP contribution is 2.22. The van der Waals surface area contributed by atoms with Crippen molar-refractivity contribution in [3.8, 4) is 0 Å². The normalized spacial score (nSPS) is 32.0. The van der Waals surface area contributed by atoms with Crippen LogP contribution in [0, 0.1) is 0 Å². The van der Waals surface area contributed by atoms with Gasteiger partial charge in [0.25, 0.3) is 0 Å². The molecule has 2 aliphatic heterocycles. The Balaban J connectivity index is 1.86. The van der Waals surface area contributed by atoms with Gasteiger partial charge in [0, 0.05) is 50.7 Å². The van der Waals surface area contributed by atoms with Crippen molar-refractivity contribution in [2.75, 3.05) is 45.1 Å². The van der Waals surface area contributed by atoms with Gasteiger partial charge in [0.1, 0.15) is 0 Å². The number of hydrogen-bond donors (Lipinski definition) is 0. The lowest BCUT2D eigenvalue weighted by Gasteiger charge is -2.37. The van der Waals surface area contributed by atoms with Gasteiger partial charge >= 0.3 is 0 Å². The second kappa shape index (κ2) is 6.03. The molecule has 2 fully saturated rings. The molecule has 2 saturated heterocycles. The number of likely N-dealkylation sites (tertiary alicyclic amines) is 1. The standard InChI is InChI=1S/C12H22ClN3O/c1-2-14-3-5-15(6-4-14)12-7-11(8-13)16(9-12)10-17/h10-12H,2-9H2,1H3. The van der Waals surface area contributed by atoms with Gasteiger partial charge in [0.05, 0.1) is 0 Å². The number of nitrogens with zero attached hydrogens (tertiary/aromatic N) is 3. The Hall–Kier alpha value is -0.320. The molecule has 0 radical (unpaired) electrons.